The summed E-state index contributed by atoms with van der Waals surface area (Å²) in [6, 6.07) is 6.34. The number of ketones is 1. The summed E-state index contributed by atoms with van der Waals surface area (Å²) in [7, 11) is 0. The van der Waals surface area contributed by atoms with Crippen molar-refractivity contribution in [2.24, 2.45) is 0 Å². The molecule has 10 nitrogen and oxygen atoms in total. The molecule has 1 saturated heterocycles. The normalized spacial score (nSPS) is 29.1. The van der Waals surface area contributed by atoms with Crippen LogP contribution in [0.4, 0.5) is 0 Å². The van der Waals surface area contributed by atoms with E-state index in [1.54, 1.807) is 0 Å². The second-order valence-corrected chi connectivity index (χ2v) is 7.34. The van der Waals surface area contributed by atoms with Crippen molar-refractivity contribution < 1.29 is 50.0 Å². The number of carbonyl (C=O) groups excluding carboxylic acids is 1. The quantitative estimate of drug-likeness (QED) is 0.257. The summed E-state index contributed by atoms with van der Waals surface area (Å²) in [6.45, 7) is -0.637. The minimum absolute atomic E-state index is 0.0314. The van der Waals surface area contributed by atoms with Crippen LogP contribution in [0.25, 0.3) is 6.08 Å². The molecular formula is C21H20O10. The van der Waals surface area contributed by atoms with Gasteiger partial charge in [0, 0.05) is 11.6 Å². The summed E-state index contributed by atoms with van der Waals surface area (Å²) in [5.41, 5.74) is 0.403. The molecule has 0 saturated carbocycles. The molecule has 0 aliphatic carbocycles. The standard InChI is InChI=1S/C21H20O10/c22-7-16-18(27)19(28)20(29)21(31-16)9-5-10-14(6-12(9)24)30-15(17(10)26)4-8-1-2-11(23)13(25)3-8/h1-6,16,18-25,27-29H,7H2/b15-4-. The molecule has 0 spiro atoms. The first-order valence-electron chi connectivity index (χ1n) is 9.35. The summed E-state index contributed by atoms with van der Waals surface area (Å²) >= 11 is 0. The van der Waals surface area contributed by atoms with E-state index in [1.165, 1.54) is 30.3 Å². The number of hydrogen-bond donors (Lipinski definition) is 7. The summed E-state index contributed by atoms with van der Waals surface area (Å²) in [5, 5.41) is 69.0. The Bertz CT molecular complexity index is 1060. The van der Waals surface area contributed by atoms with E-state index >= 15 is 0 Å². The van der Waals surface area contributed by atoms with E-state index in [2.05, 4.69) is 0 Å². The molecule has 2 heterocycles. The number of ether oxygens (including phenoxy) is 2. The third-order valence-corrected chi connectivity index (χ3v) is 5.31. The van der Waals surface area contributed by atoms with Crippen molar-refractivity contribution in [2.45, 2.75) is 30.5 Å². The van der Waals surface area contributed by atoms with Crippen molar-refractivity contribution in [3.8, 4) is 23.0 Å². The van der Waals surface area contributed by atoms with Crippen LogP contribution >= 0.6 is 0 Å². The zero-order chi connectivity index (χ0) is 22.4. The molecule has 0 bridgehead atoms. The number of rotatable bonds is 3. The van der Waals surface area contributed by atoms with Crippen LogP contribution in [0.5, 0.6) is 23.0 Å². The molecule has 2 aliphatic rings. The fourth-order valence-corrected chi connectivity index (χ4v) is 3.61. The maximum atomic E-state index is 12.8. The number of allylic oxidation sites excluding steroid dienone is 1. The van der Waals surface area contributed by atoms with E-state index in [9.17, 15) is 40.5 Å². The van der Waals surface area contributed by atoms with E-state index in [4.69, 9.17) is 9.47 Å². The van der Waals surface area contributed by atoms with E-state index in [-0.39, 0.29) is 39.9 Å². The van der Waals surface area contributed by atoms with E-state index in [1.807, 2.05) is 0 Å². The van der Waals surface area contributed by atoms with Gasteiger partial charge in [-0.15, -0.1) is 0 Å². The highest BCUT2D eigenvalue weighted by Crippen LogP contribution is 2.43. The zero-order valence-corrected chi connectivity index (χ0v) is 15.9. The van der Waals surface area contributed by atoms with Crippen LogP contribution in [0.3, 0.4) is 0 Å². The predicted octanol–water partition coefficient (Wildman–Crippen LogP) is -0.0655. The summed E-state index contributed by atoms with van der Waals surface area (Å²) < 4.78 is 10.9. The smallest absolute Gasteiger partial charge is 0.231 e. The van der Waals surface area contributed by atoms with Crippen molar-refractivity contribution in [2.75, 3.05) is 6.61 Å². The lowest BCUT2D eigenvalue weighted by Crippen LogP contribution is -2.55. The first kappa shape index (κ1) is 21.1. The minimum Gasteiger partial charge on any atom is -0.507 e. The molecule has 2 aliphatic heterocycles. The number of aliphatic hydroxyl groups is 4. The number of hydrogen-bond acceptors (Lipinski definition) is 10. The molecular weight excluding hydrogens is 412 g/mol. The second kappa shape index (κ2) is 7.84. The van der Waals surface area contributed by atoms with Gasteiger partial charge in [0.25, 0.3) is 0 Å². The molecule has 4 rings (SSSR count). The fourth-order valence-electron chi connectivity index (χ4n) is 3.61. The molecule has 31 heavy (non-hydrogen) atoms. The lowest BCUT2D eigenvalue weighted by atomic mass is 9.90. The maximum Gasteiger partial charge on any atom is 0.231 e. The molecule has 0 amide bonds. The Morgan fingerprint density at radius 3 is 2.32 bits per heavy atom. The Hall–Kier alpha value is -3.15. The van der Waals surface area contributed by atoms with E-state index in [0.29, 0.717) is 5.56 Å². The molecule has 2 aromatic carbocycles. The third-order valence-electron chi connectivity index (χ3n) is 5.31. The van der Waals surface area contributed by atoms with Crippen LogP contribution in [0.1, 0.15) is 27.6 Å². The number of phenols is 3. The highest BCUT2D eigenvalue weighted by molar-refractivity contribution is 6.14. The summed E-state index contributed by atoms with van der Waals surface area (Å²) in [5.74, 6) is -1.69. The molecule has 10 heteroatoms. The van der Waals surface area contributed by atoms with Gasteiger partial charge < -0.3 is 45.2 Å². The van der Waals surface area contributed by atoms with Gasteiger partial charge in [-0.25, -0.2) is 0 Å². The summed E-state index contributed by atoms with van der Waals surface area (Å²) in [6.07, 6.45) is -6.00. The first-order chi connectivity index (χ1) is 14.7. The van der Waals surface area contributed by atoms with Gasteiger partial charge in [0.2, 0.25) is 5.78 Å². The van der Waals surface area contributed by atoms with E-state index in [0.717, 1.165) is 6.07 Å². The van der Waals surface area contributed by atoms with Gasteiger partial charge in [-0.2, -0.15) is 0 Å². The van der Waals surface area contributed by atoms with Crippen molar-refractivity contribution in [3.63, 3.8) is 0 Å². The number of carbonyl (C=O) groups is 1. The number of aliphatic hydroxyl groups excluding tert-OH is 4. The number of benzene rings is 2. The van der Waals surface area contributed by atoms with Crippen LogP contribution in [-0.2, 0) is 4.74 Å². The van der Waals surface area contributed by atoms with Crippen LogP contribution in [-0.4, -0.2) is 72.6 Å². The molecule has 5 unspecified atom stereocenters. The SMILES string of the molecule is O=C1/C(=C/c2ccc(O)c(O)c2)Oc2cc(O)c(C3OC(CO)C(O)C(O)C3O)cc21. The van der Waals surface area contributed by atoms with Crippen LogP contribution < -0.4 is 4.74 Å². The third kappa shape index (κ3) is 3.60. The molecule has 5 atom stereocenters. The summed E-state index contributed by atoms with van der Waals surface area (Å²) in [4.78, 5) is 12.8. The van der Waals surface area contributed by atoms with Gasteiger partial charge in [-0.05, 0) is 29.8 Å². The number of aromatic hydroxyl groups is 3. The van der Waals surface area contributed by atoms with Crippen molar-refractivity contribution >= 4 is 11.9 Å². The van der Waals surface area contributed by atoms with Crippen LogP contribution in [0.15, 0.2) is 36.1 Å². The van der Waals surface area contributed by atoms with Gasteiger partial charge in [0.1, 0.15) is 42.0 Å². The predicted molar refractivity (Wildman–Crippen MR) is 104 cm³/mol. The topological polar surface area (TPSA) is 177 Å². The van der Waals surface area contributed by atoms with Gasteiger partial charge >= 0.3 is 0 Å². The Balaban J connectivity index is 1.68. The molecule has 0 aromatic heterocycles. The highest BCUT2D eigenvalue weighted by Gasteiger charge is 2.45. The lowest BCUT2D eigenvalue weighted by molar-refractivity contribution is -0.232. The lowest BCUT2D eigenvalue weighted by Gasteiger charge is -2.40. The van der Waals surface area contributed by atoms with Gasteiger partial charge in [0.05, 0.1) is 12.2 Å². The number of fused-ring (bicyclic) bond motifs is 1. The van der Waals surface area contributed by atoms with Gasteiger partial charge in [-0.3, -0.25) is 4.79 Å². The number of phenolic OH excluding ortho intramolecular Hbond substituents is 3. The average molecular weight is 432 g/mol. The largest absolute Gasteiger partial charge is 0.507 e. The molecule has 164 valence electrons. The van der Waals surface area contributed by atoms with E-state index < -0.39 is 42.9 Å². The second-order valence-electron chi connectivity index (χ2n) is 7.34. The average Bonchev–Trinajstić information content (AvgIpc) is 3.03. The van der Waals surface area contributed by atoms with Gasteiger partial charge in [-0.1, -0.05) is 6.07 Å². The zero-order valence-electron chi connectivity index (χ0n) is 15.9. The molecule has 1 fully saturated rings. The van der Waals surface area contributed by atoms with Crippen molar-refractivity contribution in [1.82, 2.24) is 0 Å². The Labute approximate surface area is 175 Å². The number of Topliss-reactive ketones (excluding diaryl/α,β-unsaturated/α-hetero) is 1. The Morgan fingerprint density at radius 2 is 1.65 bits per heavy atom. The van der Waals surface area contributed by atoms with Crippen molar-refractivity contribution in [3.05, 3.63) is 52.8 Å². The highest BCUT2D eigenvalue weighted by atomic mass is 16.5. The van der Waals surface area contributed by atoms with Crippen LogP contribution in [0.2, 0.25) is 0 Å². The Morgan fingerprint density at radius 1 is 0.903 bits per heavy atom. The minimum atomic E-state index is -1.65. The molecule has 7 N–H and O–H groups in total. The Kier molecular flexibility index (Phi) is 5.33. The van der Waals surface area contributed by atoms with Crippen molar-refractivity contribution in [1.29, 1.82) is 0 Å². The monoisotopic (exact) mass is 432 g/mol. The van der Waals surface area contributed by atoms with Gasteiger partial charge in [0.15, 0.2) is 17.3 Å². The molecule has 2 aromatic rings. The fraction of sp³-hybridized carbons (Fsp3) is 0.286. The maximum absolute atomic E-state index is 12.8. The molecule has 0 radical (unpaired) electrons. The van der Waals surface area contributed by atoms with Crippen LogP contribution in [0, 0.1) is 0 Å². The first-order valence-corrected chi connectivity index (χ1v) is 9.35.